The SMILES string of the molecule is CN1CCN(C(C)(C)C=C(C#N)C(=O)N2CCCC(c3nc(-c4ccc(Oc5ccccc5)cc4)c4c(N)nccn34)C2)CC1=O. The molecule has 236 valence electrons. The highest BCUT2D eigenvalue weighted by Gasteiger charge is 2.35. The summed E-state index contributed by atoms with van der Waals surface area (Å²) in [6, 6.07) is 19.4. The van der Waals surface area contributed by atoms with Crippen molar-refractivity contribution in [1.82, 2.24) is 29.1 Å². The number of carbonyl (C=O) groups is 2. The Morgan fingerprint density at radius 3 is 2.54 bits per heavy atom. The van der Waals surface area contributed by atoms with Crippen molar-refractivity contribution in [2.45, 2.75) is 38.1 Å². The number of aromatic nitrogens is 3. The van der Waals surface area contributed by atoms with E-state index in [0.29, 0.717) is 49.0 Å². The fraction of sp³-hybridized carbons (Fsp3) is 0.343. The van der Waals surface area contributed by atoms with Crippen molar-refractivity contribution < 1.29 is 14.3 Å². The summed E-state index contributed by atoms with van der Waals surface area (Å²) in [5.74, 6) is 2.25. The third-order valence-electron chi connectivity index (χ3n) is 8.91. The minimum absolute atomic E-state index is 0.0232. The van der Waals surface area contributed by atoms with Crippen LogP contribution >= 0.6 is 0 Å². The number of hydrogen-bond donors (Lipinski definition) is 1. The minimum atomic E-state index is -0.646. The lowest BCUT2D eigenvalue weighted by molar-refractivity contribution is -0.136. The van der Waals surface area contributed by atoms with Gasteiger partial charge in [-0.25, -0.2) is 9.97 Å². The van der Waals surface area contributed by atoms with Crippen LogP contribution in [-0.2, 0) is 9.59 Å². The van der Waals surface area contributed by atoms with Crippen molar-refractivity contribution in [3.05, 3.63) is 84.5 Å². The van der Waals surface area contributed by atoms with E-state index in [9.17, 15) is 14.9 Å². The summed E-state index contributed by atoms with van der Waals surface area (Å²) in [5, 5.41) is 10.1. The number of nitrogen functional groups attached to an aromatic ring is 1. The smallest absolute Gasteiger partial charge is 0.264 e. The number of rotatable bonds is 7. The van der Waals surface area contributed by atoms with Gasteiger partial charge >= 0.3 is 0 Å². The first-order valence-corrected chi connectivity index (χ1v) is 15.5. The molecule has 1 unspecified atom stereocenters. The van der Waals surface area contributed by atoms with E-state index < -0.39 is 5.54 Å². The molecule has 2 aliphatic rings. The van der Waals surface area contributed by atoms with Crippen LogP contribution in [-0.4, -0.2) is 86.2 Å². The van der Waals surface area contributed by atoms with E-state index >= 15 is 0 Å². The van der Waals surface area contributed by atoms with Crippen LogP contribution in [0.5, 0.6) is 11.5 Å². The number of benzene rings is 2. The maximum Gasteiger partial charge on any atom is 0.264 e. The van der Waals surface area contributed by atoms with Gasteiger partial charge in [0.1, 0.15) is 46.0 Å². The number of ether oxygens (including phenoxy) is 1. The van der Waals surface area contributed by atoms with Gasteiger partial charge in [0.15, 0.2) is 0 Å². The van der Waals surface area contributed by atoms with Crippen molar-refractivity contribution >= 4 is 23.1 Å². The first kappa shape index (κ1) is 30.8. The molecule has 0 saturated carbocycles. The molecule has 1 atom stereocenters. The zero-order chi connectivity index (χ0) is 32.4. The quantitative estimate of drug-likeness (QED) is 0.237. The van der Waals surface area contributed by atoms with Crippen molar-refractivity contribution in [1.29, 1.82) is 5.26 Å². The van der Waals surface area contributed by atoms with Gasteiger partial charge in [-0.3, -0.25) is 18.9 Å². The Balaban J connectivity index is 1.25. The first-order chi connectivity index (χ1) is 22.1. The number of anilines is 1. The number of para-hydroxylation sites is 1. The van der Waals surface area contributed by atoms with E-state index in [1.807, 2.05) is 83.9 Å². The number of carbonyl (C=O) groups excluding carboxylic acids is 2. The number of amides is 2. The van der Waals surface area contributed by atoms with E-state index in [1.165, 1.54) is 0 Å². The Kier molecular flexibility index (Phi) is 8.47. The van der Waals surface area contributed by atoms with Gasteiger partial charge in [-0.15, -0.1) is 0 Å². The summed E-state index contributed by atoms with van der Waals surface area (Å²) in [5.41, 5.74) is 8.12. The Hall–Kier alpha value is -5.21. The molecular formula is C35H38N8O3. The highest BCUT2D eigenvalue weighted by molar-refractivity contribution is 5.97. The first-order valence-electron chi connectivity index (χ1n) is 15.5. The molecule has 46 heavy (non-hydrogen) atoms. The van der Waals surface area contributed by atoms with Gasteiger partial charge in [0, 0.05) is 62.6 Å². The van der Waals surface area contributed by atoms with Crippen LogP contribution < -0.4 is 10.5 Å². The summed E-state index contributed by atoms with van der Waals surface area (Å²) in [6.07, 6.45) is 6.81. The number of likely N-dealkylation sites (tertiary alicyclic amines) is 1. The van der Waals surface area contributed by atoms with Gasteiger partial charge in [0.25, 0.3) is 5.91 Å². The second-order valence-corrected chi connectivity index (χ2v) is 12.4. The average Bonchev–Trinajstić information content (AvgIpc) is 3.46. The van der Waals surface area contributed by atoms with Crippen LogP contribution in [0.2, 0.25) is 0 Å². The Morgan fingerprint density at radius 1 is 1.09 bits per heavy atom. The van der Waals surface area contributed by atoms with Crippen molar-refractivity contribution in [2.24, 2.45) is 0 Å². The molecule has 6 rings (SSSR count). The highest BCUT2D eigenvalue weighted by Crippen LogP contribution is 2.35. The zero-order valence-electron chi connectivity index (χ0n) is 26.4. The second kappa shape index (κ2) is 12.7. The molecule has 0 spiro atoms. The molecule has 11 heteroatoms. The maximum absolute atomic E-state index is 13.8. The fourth-order valence-corrected chi connectivity index (χ4v) is 6.26. The largest absolute Gasteiger partial charge is 0.457 e. The Morgan fingerprint density at radius 2 is 1.83 bits per heavy atom. The van der Waals surface area contributed by atoms with Gasteiger partial charge in [-0.2, -0.15) is 5.26 Å². The predicted octanol–water partition coefficient (Wildman–Crippen LogP) is 4.48. The maximum atomic E-state index is 13.8. The summed E-state index contributed by atoms with van der Waals surface area (Å²) in [6.45, 7) is 6.35. The molecule has 4 aromatic rings. The number of likely N-dealkylation sites (N-methyl/N-ethyl adjacent to an activating group) is 1. The second-order valence-electron chi connectivity index (χ2n) is 12.4. The molecule has 2 saturated heterocycles. The monoisotopic (exact) mass is 618 g/mol. The lowest BCUT2D eigenvalue weighted by Crippen LogP contribution is -2.55. The van der Waals surface area contributed by atoms with Crippen LogP contribution in [0.3, 0.4) is 0 Å². The summed E-state index contributed by atoms with van der Waals surface area (Å²) < 4.78 is 7.94. The molecule has 0 radical (unpaired) electrons. The molecular weight excluding hydrogens is 580 g/mol. The third kappa shape index (κ3) is 6.17. The standard InChI is InChI=1S/C35H38N8O3/c1-35(2,42-19-18-40(3)29(44)23-42)20-26(21-36)34(45)41-16-7-8-25(22-41)33-39-30(31-32(37)38-15-17-43(31)33)24-11-13-28(14-12-24)46-27-9-5-4-6-10-27/h4-6,9-15,17,20,25H,7-8,16,18-19,22-23H2,1-3H3,(H2,37,38). The lowest BCUT2D eigenvalue weighted by Gasteiger charge is -2.41. The van der Waals surface area contributed by atoms with Gasteiger partial charge in [-0.05, 0) is 69.2 Å². The van der Waals surface area contributed by atoms with E-state index in [2.05, 4.69) is 11.1 Å². The van der Waals surface area contributed by atoms with Crippen LogP contribution in [0.4, 0.5) is 5.82 Å². The minimum Gasteiger partial charge on any atom is -0.457 e. The summed E-state index contributed by atoms with van der Waals surface area (Å²) >= 11 is 0. The van der Waals surface area contributed by atoms with Gasteiger partial charge in [0.05, 0.1) is 6.54 Å². The molecule has 11 nitrogen and oxygen atoms in total. The van der Waals surface area contributed by atoms with Crippen LogP contribution in [0.25, 0.3) is 16.8 Å². The number of nitriles is 1. The number of piperazine rings is 1. The number of imidazole rings is 1. The molecule has 2 fully saturated rings. The van der Waals surface area contributed by atoms with Crippen molar-refractivity contribution in [3.8, 4) is 28.8 Å². The molecule has 2 aromatic carbocycles. The Labute approximate surface area is 268 Å². The van der Waals surface area contributed by atoms with Gasteiger partial charge in [0.2, 0.25) is 5.91 Å². The van der Waals surface area contributed by atoms with E-state index in [4.69, 9.17) is 15.5 Å². The molecule has 2 aliphatic heterocycles. The summed E-state index contributed by atoms with van der Waals surface area (Å²) in [7, 11) is 1.79. The molecule has 0 bridgehead atoms. The highest BCUT2D eigenvalue weighted by atomic mass is 16.5. The van der Waals surface area contributed by atoms with Crippen LogP contribution in [0.1, 0.15) is 38.4 Å². The molecule has 4 heterocycles. The number of fused-ring (bicyclic) bond motifs is 1. The van der Waals surface area contributed by atoms with E-state index in [0.717, 1.165) is 30.0 Å². The average molecular weight is 619 g/mol. The van der Waals surface area contributed by atoms with Crippen LogP contribution in [0.15, 0.2) is 78.6 Å². The molecule has 0 aliphatic carbocycles. The summed E-state index contributed by atoms with van der Waals surface area (Å²) in [4.78, 5) is 41.0. The number of piperidine rings is 1. The zero-order valence-corrected chi connectivity index (χ0v) is 26.4. The van der Waals surface area contributed by atoms with Crippen LogP contribution in [0, 0.1) is 11.3 Å². The van der Waals surface area contributed by atoms with Gasteiger partial charge < -0.3 is 20.3 Å². The van der Waals surface area contributed by atoms with Gasteiger partial charge in [-0.1, -0.05) is 18.2 Å². The normalized spacial score (nSPS) is 18.1. The molecule has 2 aromatic heterocycles. The predicted molar refractivity (Wildman–Crippen MR) is 175 cm³/mol. The number of hydrogen-bond acceptors (Lipinski definition) is 8. The molecule has 2 N–H and O–H groups in total. The lowest BCUT2D eigenvalue weighted by atomic mass is 9.94. The topological polar surface area (TPSA) is 133 Å². The van der Waals surface area contributed by atoms with Crippen molar-refractivity contribution in [2.75, 3.05) is 45.5 Å². The number of nitrogens with two attached hydrogens (primary N) is 1. The van der Waals surface area contributed by atoms with E-state index in [-0.39, 0.29) is 29.9 Å². The Bertz CT molecular complexity index is 1820. The third-order valence-corrected chi connectivity index (χ3v) is 8.91. The van der Waals surface area contributed by atoms with Crippen molar-refractivity contribution in [3.63, 3.8) is 0 Å². The molecule has 2 amide bonds. The number of nitrogens with zero attached hydrogens (tertiary/aromatic N) is 7. The fourth-order valence-electron chi connectivity index (χ4n) is 6.26. The van der Waals surface area contributed by atoms with E-state index in [1.54, 1.807) is 29.1 Å².